The lowest BCUT2D eigenvalue weighted by Gasteiger charge is -2.31. The fourth-order valence-corrected chi connectivity index (χ4v) is 6.07. The minimum Gasteiger partial charge on any atom is -0.497 e. The van der Waals surface area contributed by atoms with Gasteiger partial charge in [0.15, 0.2) is 11.6 Å². The van der Waals surface area contributed by atoms with Gasteiger partial charge in [0.25, 0.3) is 0 Å². The number of benzene rings is 2. The Balaban J connectivity index is 1.32. The molecule has 2 aromatic carbocycles. The Morgan fingerprint density at radius 1 is 0.758 bits per heavy atom. The molecule has 0 amide bonds. The number of halogens is 3. The highest BCUT2D eigenvalue weighted by molar-refractivity contribution is 5.32. The molecule has 33 heavy (non-hydrogen) atoms. The molecular weight excluding hydrogens is 421 g/mol. The van der Waals surface area contributed by atoms with Crippen LogP contribution < -0.4 is 4.74 Å². The molecule has 4 rings (SSSR count). The van der Waals surface area contributed by atoms with Gasteiger partial charge in [0.1, 0.15) is 11.6 Å². The molecule has 0 saturated heterocycles. The molecule has 2 aliphatic carbocycles. The molecule has 0 heterocycles. The number of hydrogen-bond donors (Lipinski definition) is 0. The SMILES string of the molecule is CCC1CCC(c2ccc(C3CCC(CCc4ccc(OC)cc4F)CC3)c(F)c2F)CC1. The molecule has 0 atom stereocenters. The first-order chi connectivity index (χ1) is 16.0. The van der Waals surface area contributed by atoms with Crippen LogP contribution in [-0.2, 0) is 6.42 Å². The van der Waals surface area contributed by atoms with E-state index in [9.17, 15) is 4.39 Å². The van der Waals surface area contributed by atoms with E-state index in [-0.39, 0.29) is 17.7 Å². The molecule has 0 aliphatic heterocycles. The van der Waals surface area contributed by atoms with Gasteiger partial charge in [0.05, 0.1) is 7.11 Å². The van der Waals surface area contributed by atoms with Crippen LogP contribution >= 0.6 is 0 Å². The summed E-state index contributed by atoms with van der Waals surface area (Å²) in [6.07, 6.45) is 10.7. The normalized spacial score (nSPS) is 25.7. The summed E-state index contributed by atoms with van der Waals surface area (Å²) in [6.45, 7) is 2.21. The second-order valence-corrected chi connectivity index (χ2v) is 10.2. The molecule has 4 heteroatoms. The maximum Gasteiger partial charge on any atom is 0.162 e. The topological polar surface area (TPSA) is 9.23 Å². The Labute approximate surface area is 196 Å². The van der Waals surface area contributed by atoms with Crippen molar-refractivity contribution in [3.05, 3.63) is 64.5 Å². The zero-order chi connectivity index (χ0) is 23.4. The minimum atomic E-state index is -0.617. The van der Waals surface area contributed by atoms with Gasteiger partial charge in [-0.15, -0.1) is 0 Å². The summed E-state index contributed by atoms with van der Waals surface area (Å²) in [5, 5.41) is 0. The van der Waals surface area contributed by atoms with Crippen LogP contribution in [0.15, 0.2) is 30.3 Å². The highest BCUT2D eigenvalue weighted by Crippen LogP contribution is 2.42. The predicted octanol–water partition coefficient (Wildman–Crippen LogP) is 8.70. The lowest BCUT2D eigenvalue weighted by atomic mass is 9.75. The highest BCUT2D eigenvalue weighted by atomic mass is 19.2. The van der Waals surface area contributed by atoms with Crippen LogP contribution in [0.5, 0.6) is 5.75 Å². The van der Waals surface area contributed by atoms with Crippen molar-refractivity contribution < 1.29 is 17.9 Å². The summed E-state index contributed by atoms with van der Waals surface area (Å²) in [5.41, 5.74) is 1.86. The molecule has 2 saturated carbocycles. The molecule has 0 N–H and O–H groups in total. The van der Waals surface area contributed by atoms with Gasteiger partial charge in [-0.1, -0.05) is 31.5 Å². The average molecular weight is 459 g/mol. The van der Waals surface area contributed by atoms with Crippen LogP contribution in [0.3, 0.4) is 0 Å². The molecule has 0 radical (unpaired) electrons. The lowest BCUT2D eigenvalue weighted by molar-refractivity contribution is 0.300. The first kappa shape index (κ1) is 24.2. The van der Waals surface area contributed by atoms with Crippen molar-refractivity contribution in [3.8, 4) is 5.75 Å². The van der Waals surface area contributed by atoms with E-state index in [1.165, 1.54) is 19.6 Å². The third kappa shape index (κ3) is 5.58. The fraction of sp³-hybridized carbons (Fsp3) is 0.586. The standard InChI is InChI=1S/C29H37F3O/c1-3-19-4-9-21(10-5-19)25-16-17-26(29(32)28(25)31)22-11-6-20(7-12-22)8-13-23-14-15-24(33-2)18-27(23)30/h14-22H,3-13H2,1-2H3. The Morgan fingerprint density at radius 2 is 1.30 bits per heavy atom. The second-order valence-electron chi connectivity index (χ2n) is 10.2. The average Bonchev–Trinajstić information content (AvgIpc) is 2.85. The van der Waals surface area contributed by atoms with Crippen LogP contribution in [0, 0.1) is 29.3 Å². The van der Waals surface area contributed by atoms with Crippen LogP contribution in [0.4, 0.5) is 13.2 Å². The van der Waals surface area contributed by atoms with Gasteiger partial charge in [-0.3, -0.25) is 0 Å². The zero-order valence-corrected chi connectivity index (χ0v) is 20.0. The van der Waals surface area contributed by atoms with Crippen LogP contribution in [0.1, 0.15) is 99.7 Å². The minimum absolute atomic E-state index is 0.0818. The number of ether oxygens (including phenoxy) is 1. The van der Waals surface area contributed by atoms with E-state index >= 15 is 8.78 Å². The molecule has 0 unspecified atom stereocenters. The summed E-state index contributed by atoms with van der Waals surface area (Å²) in [7, 11) is 1.53. The Hall–Kier alpha value is -1.97. The van der Waals surface area contributed by atoms with Crippen molar-refractivity contribution in [1.82, 2.24) is 0 Å². The molecular formula is C29H37F3O. The smallest absolute Gasteiger partial charge is 0.162 e. The molecule has 2 fully saturated rings. The van der Waals surface area contributed by atoms with Crippen LogP contribution in [0.2, 0.25) is 0 Å². The van der Waals surface area contributed by atoms with Crippen molar-refractivity contribution in [2.45, 2.75) is 89.4 Å². The zero-order valence-electron chi connectivity index (χ0n) is 20.0. The maximum atomic E-state index is 15.1. The Kier molecular flexibility index (Phi) is 8.03. The van der Waals surface area contributed by atoms with E-state index in [2.05, 4.69) is 6.92 Å². The van der Waals surface area contributed by atoms with Gasteiger partial charge >= 0.3 is 0 Å². The van der Waals surface area contributed by atoms with E-state index < -0.39 is 11.6 Å². The molecule has 0 aromatic heterocycles. The largest absolute Gasteiger partial charge is 0.497 e. The van der Waals surface area contributed by atoms with Gasteiger partial charge < -0.3 is 4.74 Å². The third-order valence-electron chi connectivity index (χ3n) is 8.37. The second kappa shape index (κ2) is 11.0. The van der Waals surface area contributed by atoms with Gasteiger partial charge in [-0.2, -0.15) is 0 Å². The number of hydrogen-bond acceptors (Lipinski definition) is 1. The summed E-state index contributed by atoms with van der Waals surface area (Å²) in [6, 6.07) is 8.75. The molecule has 0 bridgehead atoms. The van der Waals surface area contributed by atoms with Gasteiger partial charge in [0.2, 0.25) is 0 Å². The van der Waals surface area contributed by atoms with Gasteiger partial charge in [-0.05, 0) is 111 Å². The van der Waals surface area contributed by atoms with Crippen molar-refractivity contribution >= 4 is 0 Å². The molecule has 2 aliphatic rings. The third-order valence-corrected chi connectivity index (χ3v) is 8.37. The molecule has 2 aromatic rings. The van der Waals surface area contributed by atoms with E-state index in [1.807, 2.05) is 12.1 Å². The Bertz CT molecular complexity index is 925. The number of methoxy groups -OCH3 is 1. The van der Waals surface area contributed by atoms with Crippen LogP contribution in [-0.4, -0.2) is 7.11 Å². The lowest BCUT2D eigenvalue weighted by Crippen LogP contribution is -2.17. The summed E-state index contributed by atoms with van der Waals surface area (Å²) in [5.74, 6) is 0.574. The first-order valence-electron chi connectivity index (χ1n) is 12.8. The van der Waals surface area contributed by atoms with Crippen molar-refractivity contribution in [2.75, 3.05) is 7.11 Å². The van der Waals surface area contributed by atoms with Crippen molar-refractivity contribution in [2.24, 2.45) is 11.8 Å². The van der Waals surface area contributed by atoms with Crippen LogP contribution in [0.25, 0.3) is 0 Å². The maximum absolute atomic E-state index is 15.1. The van der Waals surface area contributed by atoms with E-state index in [0.29, 0.717) is 29.2 Å². The first-order valence-corrected chi connectivity index (χ1v) is 12.8. The number of rotatable bonds is 7. The summed E-state index contributed by atoms with van der Waals surface area (Å²) < 4.78 is 49.4. The quantitative estimate of drug-likeness (QED) is 0.403. The van der Waals surface area contributed by atoms with Gasteiger partial charge in [0, 0.05) is 6.07 Å². The van der Waals surface area contributed by atoms with Crippen molar-refractivity contribution in [1.29, 1.82) is 0 Å². The monoisotopic (exact) mass is 458 g/mol. The fourth-order valence-electron chi connectivity index (χ4n) is 6.07. The predicted molar refractivity (Wildman–Crippen MR) is 127 cm³/mol. The molecule has 0 spiro atoms. The van der Waals surface area contributed by atoms with E-state index in [0.717, 1.165) is 69.3 Å². The van der Waals surface area contributed by atoms with Gasteiger partial charge in [-0.25, -0.2) is 13.2 Å². The van der Waals surface area contributed by atoms with E-state index in [1.54, 1.807) is 12.1 Å². The van der Waals surface area contributed by atoms with Crippen molar-refractivity contribution in [3.63, 3.8) is 0 Å². The summed E-state index contributed by atoms with van der Waals surface area (Å²) >= 11 is 0. The number of aryl methyl sites for hydroxylation is 1. The molecule has 1 nitrogen and oxygen atoms in total. The highest BCUT2D eigenvalue weighted by Gasteiger charge is 2.29. The van der Waals surface area contributed by atoms with E-state index in [4.69, 9.17) is 4.74 Å². The summed E-state index contributed by atoms with van der Waals surface area (Å²) in [4.78, 5) is 0. The molecule has 180 valence electrons. The Morgan fingerprint density at radius 3 is 1.79 bits per heavy atom.